The normalized spacial score (nSPS) is 14.7. The Morgan fingerprint density at radius 2 is 2.27 bits per heavy atom. The minimum atomic E-state index is -3.22. The van der Waals surface area contributed by atoms with Crippen LogP contribution in [0.15, 0.2) is 32.7 Å². The number of nitrogens with one attached hydrogen (secondary N) is 1. The van der Waals surface area contributed by atoms with E-state index >= 15 is 0 Å². The van der Waals surface area contributed by atoms with E-state index in [0.29, 0.717) is 12.2 Å². The number of sulfonamides is 1. The second-order valence-electron chi connectivity index (χ2n) is 3.17. The highest BCUT2D eigenvalue weighted by molar-refractivity contribution is 7.98. The number of rotatable bonds is 2. The van der Waals surface area contributed by atoms with Crippen molar-refractivity contribution in [1.29, 1.82) is 0 Å². The Hall–Kier alpha value is -1.08. The number of hydrogen-bond acceptors (Lipinski definition) is 5. The molecule has 1 aliphatic rings. The van der Waals surface area contributed by atoms with E-state index in [-0.39, 0.29) is 0 Å². The van der Waals surface area contributed by atoms with E-state index < -0.39 is 10.0 Å². The fourth-order valence-electron chi connectivity index (χ4n) is 1.23. The first-order valence-corrected chi connectivity index (χ1v) is 6.86. The van der Waals surface area contributed by atoms with Crippen molar-refractivity contribution in [2.45, 2.75) is 11.4 Å². The molecule has 0 radical (unpaired) electrons. The third kappa shape index (κ3) is 2.69. The number of nitrogens with zero attached hydrogens (tertiary/aromatic N) is 2. The van der Waals surface area contributed by atoms with Gasteiger partial charge in [-0.25, -0.2) is 8.42 Å². The molecule has 0 bridgehead atoms. The number of anilines is 1. The molecule has 5 nitrogen and oxygen atoms in total. The van der Waals surface area contributed by atoms with Crippen LogP contribution >= 0.6 is 11.9 Å². The molecule has 0 fully saturated rings. The monoisotopic (exact) mass is 243 g/mol. The van der Waals surface area contributed by atoms with Gasteiger partial charge in [-0.2, -0.15) is 5.11 Å². The third-order valence-electron chi connectivity index (χ3n) is 1.81. The molecule has 80 valence electrons. The van der Waals surface area contributed by atoms with Crippen LogP contribution in [-0.2, 0) is 16.6 Å². The molecule has 7 heteroatoms. The highest BCUT2D eigenvalue weighted by Crippen LogP contribution is 2.31. The molecule has 1 aromatic rings. The second-order valence-corrected chi connectivity index (χ2v) is 5.70. The zero-order valence-electron chi connectivity index (χ0n) is 7.97. The lowest BCUT2D eigenvalue weighted by Gasteiger charge is -2.10. The van der Waals surface area contributed by atoms with Gasteiger partial charge in [0.1, 0.15) is 0 Å². The zero-order valence-corrected chi connectivity index (χ0v) is 9.60. The van der Waals surface area contributed by atoms with Gasteiger partial charge < -0.3 is 0 Å². The summed E-state index contributed by atoms with van der Waals surface area (Å²) >= 11 is 1.25. The quantitative estimate of drug-likeness (QED) is 0.808. The lowest BCUT2D eigenvalue weighted by Crippen LogP contribution is -2.09. The van der Waals surface area contributed by atoms with Gasteiger partial charge in [-0.3, -0.25) is 4.72 Å². The van der Waals surface area contributed by atoms with Gasteiger partial charge in [0.15, 0.2) is 0 Å². The molecular formula is C8H9N3O2S2. The van der Waals surface area contributed by atoms with Gasteiger partial charge in [0.05, 0.1) is 12.8 Å². The van der Waals surface area contributed by atoms with E-state index in [1.807, 2.05) is 6.07 Å². The topological polar surface area (TPSA) is 70.9 Å². The molecule has 0 saturated carbocycles. The maximum Gasteiger partial charge on any atom is 0.229 e. The maximum absolute atomic E-state index is 11.0. The molecule has 1 aliphatic heterocycles. The van der Waals surface area contributed by atoms with E-state index in [1.165, 1.54) is 11.9 Å². The first-order valence-electron chi connectivity index (χ1n) is 4.19. The largest absolute Gasteiger partial charge is 0.284 e. The van der Waals surface area contributed by atoms with Crippen LogP contribution < -0.4 is 4.72 Å². The first-order chi connectivity index (χ1) is 7.04. The Balaban J connectivity index is 2.30. The molecule has 1 N–H and O–H groups in total. The molecular weight excluding hydrogens is 234 g/mol. The fraction of sp³-hybridized carbons (Fsp3) is 0.250. The van der Waals surface area contributed by atoms with Crippen LogP contribution in [0, 0.1) is 0 Å². The van der Waals surface area contributed by atoms with Gasteiger partial charge in [0.2, 0.25) is 10.0 Å². The average Bonchev–Trinajstić information content (AvgIpc) is 2.15. The highest BCUT2D eigenvalue weighted by Gasteiger charge is 2.10. The van der Waals surface area contributed by atoms with Crippen molar-refractivity contribution in [3.8, 4) is 0 Å². The zero-order chi connectivity index (χ0) is 10.9. The van der Waals surface area contributed by atoms with Crippen LogP contribution in [0.5, 0.6) is 0 Å². The molecule has 0 saturated heterocycles. The SMILES string of the molecule is CS(=O)(=O)Nc1ccc2c(c1)SN=NC2. The summed E-state index contributed by atoms with van der Waals surface area (Å²) in [4.78, 5) is 0.943. The summed E-state index contributed by atoms with van der Waals surface area (Å²) in [5.41, 5.74) is 1.62. The summed E-state index contributed by atoms with van der Waals surface area (Å²) in [7, 11) is -3.22. The van der Waals surface area contributed by atoms with E-state index in [0.717, 1.165) is 16.7 Å². The van der Waals surface area contributed by atoms with Gasteiger partial charge in [-0.05, 0) is 17.7 Å². The molecule has 0 aromatic heterocycles. The predicted molar refractivity (Wildman–Crippen MR) is 59.3 cm³/mol. The smallest absolute Gasteiger partial charge is 0.229 e. The summed E-state index contributed by atoms with van der Waals surface area (Å²) in [6, 6.07) is 5.34. The number of benzene rings is 1. The lowest BCUT2D eigenvalue weighted by molar-refractivity contribution is 0.607. The van der Waals surface area contributed by atoms with Gasteiger partial charge >= 0.3 is 0 Å². The minimum Gasteiger partial charge on any atom is -0.284 e. The van der Waals surface area contributed by atoms with Crippen molar-refractivity contribution < 1.29 is 8.42 Å². The van der Waals surface area contributed by atoms with Crippen LogP contribution in [-0.4, -0.2) is 14.7 Å². The van der Waals surface area contributed by atoms with E-state index in [1.54, 1.807) is 12.1 Å². The second kappa shape index (κ2) is 3.82. The molecule has 1 heterocycles. The van der Waals surface area contributed by atoms with Crippen LogP contribution in [0.3, 0.4) is 0 Å². The van der Waals surface area contributed by atoms with Crippen molar-refractivity contribution in [2.24, 2.45) is 9.63 Å². The van der Waals surface area contributed by atoms with Crippen LogP contribution in [0.4, 0.5) is 5.69 Å². The molecule has 0 aliphatic carbocycles. The molecule has 0 amide bonds. The summed E-state index contributed by atoms with van der Waals surface area (Å²) in [6.07, 6.45) is 1.12. The Kier molecular flexibility index (Phi) is 2.66. The molecule has 0 unspecified atom stereocenters. The van der Waals surface area contributed by atoms with E-state index in [9.17, 15) is 8.42 Å². The Labute approximate surface area is 92.2 Å². The summed E-state index contributed by atoms with van der Waals surface area (Å²) in [6.45, 7) is 0.557. The van der Waals surface area contributed by atoms with Crippen molar-refractivity contribution >= 4 is 27.7 Å². The average molecular weight is 243 g/mol. The number of fused-ring (bicyclic) bond motifs is 1. The van der Waals surface area contributed by atoms with Gasteiger partial charge in [-0.1, -0.05) is 6.07 Å². The summed E-state index contributed by atoms with van der Waals surface area (Å²) < 4.78 is 28.3. The highest BCUT2D eigenvalue weighted by atomic mass is 32.2. The standard InChI is InChI=1S/C8H9N3O2S2/c1-15(12,13)10-7-3-2-6-5-9-11-14-8(6)4-7/h2-4,10H,5H2,1H3. The summed E-state index contributed by atoms with van der Waals surface area (Å²) in [5, 5.41) is 3.87. The van der Waals surface area contributed by atoms with E-state index in [2.05, 4.69) is 14.4 Å². The molecule has 0 spiro atoms. The number of hydrogen-bond donors (Lipinski definition) is 1. The summed E-state index contributed by atoms with van der Waals surface area (Å²) in [5.74, 6) is 0. The maximum atomic E-state index is 11.0. The van der Waals surface area contributed by atoms with Crippen LogP contribution in [0.2, 0.25) is 0 Å². The molecule has 2 rings (SSSR count). The molecule has 1 aromatic carbocycles. The fourth-order valence-corrected chi connectivity index (χ4v) is 2.41. The third-order valence-corrected chi connectivity index (χ3v) is 3.19. The van der Waals surface area contributed by atoms with Crippen molar-refractivity contribution in [3.63, 3.8) is 0 Å². The van der Waals surface area contributed by atoms with Crippen molar-refractivity contribution in [2.75, 3.05) is 11.0 Å². The first kappa shape index (κ1) is 10.4. The minimum absolute atomic E-state index is 0.556. The Morgan fingerprint density at radius 3 is 3.00 bits per heavy atom. The Morgan fingerprint density at radius 1 is 1.47 bits per heavy atom. The van der Waals surface area contributed by atoms with E-state index in [4.69, 9.17) is 0 Å². The van der Waals surface area contributed by atoms with Crippen molar-refractivity contribution in [3.05, 3.63) is 23.8 Å². The molecule has 15 heavy (non-hydrogen) atoms. The lowest BCUT2D eigenvalue weighted by atomic mass is 10.2. The predicted octanol–water partition coefficient (Wildman–Crippen LogP) is 2.03. The van der Waals surface area contributed by atoms with Gasteiger partial charge in [-0.15, -0.1) is 4.52 Å². The van der Waals surface area contributed by atoms with Crippen LogP contribution in [0.25, 0.3) is 0 Å². The van der Waals surface area contributed by atoms with Crippen molar-refractivity contribution in [1.82, 2.24) is 0 Å². The Bertz CT molecular complexity index is 511. The van der Waals surface area contributed by atoms with Gasteiger partial charge in [0.25, 0.3) is 0 Å². The molecule has 0 atom stereocenters. The van der Waals surface area contributed by atoms with Crippen LogP contribution in [0.1, 0.15) is 5.56 Å². The van der Waals surface area contributed by atoms with Gasteiger partial charge in [0, 0.05) is 22.5 Å².